The molecule has 2 rings (SSSR count). The lowest BCUT2D eigenvalue weighted by Crippen LogP contribution is -2.17. The summed E-state index contributed by atoms with van der Waals surface area (Å²) in [5.41, 5.74) is 4.13. The molecule has 0 aromatic heterocycles. The zero-order valence-electron chi connectivity index (χ0n) is 11.5. The molecule has 0 bridgehead atoms. The summed E-state index contributed by atoms with van der Waals surface area (Å²) < 4.78 is 0. The first-order valence-electron chi connectivity index (χ1n) is 6.69. The summed E-state index contributed by atoms with van der Waals surface area (Å²) in [6.45, 7) is 4.33. The molecule has 0 amide bonds. The van der Waals surface area contributed by atoms with Gasteiger partial charge >= 0.3 is 5.97 Å². The van der Waals surface area contributed by atoms with E-state index < -0.39 is 5.97 Å². The topological polar surface area (TPSA) is 37.3 Å². The van der Waals surface area contributed by atoms with Gasteiger partial charge in [0.2, 0.25) is 0 Å². The molecule has 19 heavy (non-hydrogen) atoms. The smallest absolute Gasteiger partial charge is 0.327 e. The fourth-order valence-electron chi connectivity index (χ4n) is 2.80. The predicted molar refractivity (Wildman–Crippen MR) is 77.1 cm³/mol. The molecule has 0 heterocycles. The van der Waals surface area contributed by atoms with Gasteiger partial charge in [-0.05, 0) is 44.1 Å². The van der Waals surface area contributed by atoms with Crippen LogP contribution in [0.2, 0.25) is 0 Å². The lowest BCUT2D eigenvalue weighted by Gasteiger charge is -2.31. The van der Waals surface area contributed by atoms with E-state index in [2.05, 4.69) is 26.0 Å². The number of carbonyl (C=O) groups is 1. The number of hydrogen-bond donors (Lipinski definition) is 1. The lowest BCUT2D eigenvalue weighted by atomic mass is 9.73. The molecule has 0 fully saturated rings. The van der Waals surface area contributed by atoms with Gasteiger partial charge in [-0.1, -0.05) is 47.6 Å². The van der Waals surface area contributed by atoms with E-state index in [1.807, 2.05) is 24.3 Å². The number of allylic oxidation sites excluding steroid dienone is 3. The van der Waals surface area contributed by atoms with Crippen LogP contribution in [0.4, 0.5) is 0 Å². The van der Waals surface area contributed by atoms with Crippen LogP contribution in [0.25, 0.3) is 0 Å². The normalized spacial score (nSPS) is 23.9. The molecule has 2 nitrogen and oxygen atoms in total. The van der Waals surface area contributed by atoms with Crippen LogP contribution in [0.15, 0.2) is 53.6 Å². The van der Waals surface area contributed by atoms with Crippen molar-refractivity contribution in [1.29, 1.82) is 0 Å². The summed E-state index contributed by atoms with van der Waals surface area (Å²) >= 11 is 0. The Labute approximate surface area is 114 Å². The second-order valence-electron chi connectivity index (χ2n) is 5.35. The average molecular weight is 256 g/mol. The van der Waals surface area contributed by atoms with Gasteiger partial charge in [-0.15, -0.1) is 0 Å². The second-order valence-corrected chi connectivity index (χ2v) is 5.35. The van der Waals surface area contributed by atoms with E-state index in [4.69, 9.17) is 5.11 Å². The summed E-state index contributed by atoms with van der Waals surface area (Å²) in [6, 6.07) is 10.4. The molecule has 0 spiro atoms. The van der Waals surface area contributed by atoms with Crippen LogP contribution in [0, 0.1) is 5.92 Å². The molecule has 1 aliphatic carbocycles. The standard InChI is InChI=1S/C17H20O2/c1-12-10-15(8-9-17(18)19)16(11-13(12)2)14-6-4-3-5-7-14/h3-9,15-16H,10-11H2,1-2H3,(H,18,19)/b9-8-. The number of hydrogen-bond acceptors (Lipinski definition) is 1. The van der Waals surface area contributed by atoms with Crippen LogP contribution in [0.1, 0.15) is 38.2 Å². The highest BCUT2D eigenvalue weighted by atomic mass is 16.4. The highest BCUT2D eigenvalue weighted by Crippen LogP contribution is 2.41. The van der Waals surface area contributed by atoms with Crippen LogP contribution in [0.5, 0.6) is 0 Å². The Hall–Kier alpha value is -1.83. The van der Waals surface area contributed by atoms with E-state index in [1.165, 1.54) is 22.8 Å². The van der Waals surface area contributed by atoms with Crippen molar-refractivity contribution >= 4 is 5.97 Å². The minimum Gasteiger partial charge on any atom is -0.478 e. The van der Waals surface area contributed by atoms with E-state index >= 15 is 0 Å². The minimum absolute atomic E-state index is 0.280. The van der Waals surface area contributed by atoms with Crippen molar-refractivity contribution in [2.45, 2.75) is 32.6 Å². The van der Waals surface area contributed by atoms with Crippen molar-refractivity contribution in [1.82, 2.24) is 0 Å². The quantitative estimate of drug-likeness (QED) is 0.651. The van der Waals surface area contributed by atoms with Gasteiger partial charge in [-0.3, -0.25) is 0 Å². The third-order valence-corrected chi connectivity index (χ3v) is 4.03. The first-order valence-corrected chi connectivity index (χ1v) is 6.69. The van der Waals surface area contributed by atoms with E-state index in [0.717, 1.165) is 12.8 Å². The molecule has 1 aliphatic rings. The lowest BCUT2D eigenvalue weighted by molar-refractivity contribution is -0.131. The monoisotopic (exact) mass is 256 g/mol. The second kappa shape index (κ2) is 5.87. The molecular weight excluding hydrogens is 236 g/mol. The molecule has 2 atom stereocenters. The summed E-state index contributed by atoms with van der Waals surface area (Å²) in [5, 5.41) is 8.82. The Morgan fingerprint density at radius 1 is 1.16 bits per heavy atom. The Morgan fingerprint density at radius 2 is 1.79 bits per heavy atom. The van der Waals surface area contributed by atoms with E-state index in [9.17, 15) is 4.79 Å². The minimum atomic E-state index is -0.865. The molecule has 0 saturated carbocycles. The highest BCUT2D eigenvalue weighted by molar-refractivity contribution is 5.79. The zero-order valence-corrected chi connectivity index (χ0v) is 11.5. The van der Waals surface area contributed by atoms with Crippen molar-refractivity contribution in [3.63, 3.8) is 0 Å². The molecule has 1 aromatic rings. The van der Waals surface area contributed by atoms with Gasteiger partial charge < -0.3 is 5.11 Å². The maximum Gasteiger partial charge on any atom is 0.327 e. The maximum absolute atomic E-state index is 10.7. The van der Waals surface area contributed by atoms with Gasteiger partial charge in [-0.2, -0.15) is 0 Å². The molecule has 0 saturated heterocycles. The molecule has 2 unspecified atom stereocenters. The number of aliphatic carboxylic acids is 1. The van der Waals surface area contributed by atoms with Gasteiger partial charge in [0.05, 0.1) is 0 Å². The SMILES string of the molecule is CC1=C(C)CC(c2ccccc2)C(/C=C\C(=O)O)C1. The number of rotatable bonds is 3. The van der Waals surface area contributed by atoms with E-state index in [-0.39, 0.29) is 5.92 Å². The van der Waals surface area contributed by atoms with Crippen LogP contribution >= 0.6 is 0 Å². The van der Waals surface area contributed by atoms with Crippen molar-refractivity contribution in [3.8, 4) is 0 Å². The number of benzene rings is 1. The first-order chi connectivity index (χ1) is 9.08. The van der Waals surface area contributed by atoms with Gasteiger partial charge in [0.15, 0.2) is 0 Å². The van der Waals surface area contributed by atoms with E-state index in [0.29, 0.717) is 5.92 Å². The Balaban J connectivity index is 2.30. The third kappa shape index (κ3) is 3.34. The van der Waals surface area contributed by atoms with Crippen molar-refractivity contribution < 1.29 is 9.90 Å². The zero-order chi connectivity index (χ0) is 13.8. The average Bonchev–Trinajstić information content (AvgIpc) is 2.40. The largest absolute Gasteiger partial charge is 0.478 e. The summed E-state index contributed by atoms with van der Waals surface area (Å²) in [4.78, 5) is 10.7. The molecule has 0 aliphatic heterocycles. The fraction of sp³-hybridized carbons (Fsp3) is 0.353. The van der Waals surface area contributed by atoms with Crippen LogP contribution in [-0.4, -0.2) is 11.1 Å². The Bertz CT molecular complexity index is 511. The Morgan fingerprint density at radius 3 is 2.42 bits per heavy atom. The maximum atomic E-state index is 10.7. The molecular formula is C17H20O2. The van der Waals surface area contributed by atoms with Gasteiger partial charge in [0.1, 0.15) is 0 Å². The van der Waals surface area contributed by atoms with Crippen LogP contribution < -0.4 is 0 Å². The molecule has 100 valence electrons. The van der Waals surface area contributed by atoms with Crippen molar-refractivity contribution in [2.24, 2.45) is 5.92 Å². The van der Waals surface area contributed by atoms with Gasteiger partial charge in [0.25, 0.3) is 0 Å². The van der Waals surface area contributed by atoms with Crippen molar-refractivity contribution in [2.75, 3.05) is 0 Å². The molecule has 2 heteroatoms. The molecule has 1 aromatic carbocycles. The summed E-state index contributed by atoms with van der Waals surface area (Å²) in [5.74, 6) is -0.196. The summed E-state index contributed by atoms with van der Waals surface area (Å²) in [6.07, 6.45) is 5.12. The predicted octanol–water partition coefficient (Wildman–Crippen LogP) is 4.16. The molecule has 0 radical (unpaired) electrons. The number of carboxylic acid groups (broad SMARTS) is 1. The van der Waals surface area contributed by atoms with E-state index in [1.54, 1.807) is 0 Å². The van der Waals surface area contributed by atoms with Crippen LogP contribution in [-0.2, 0) is 4.79 Å². The summed E-state index contributed by atoms with van der Waals surface area (Å²) in [7, 11) is 0. The van der Waals surface area contributed by atoms with Gasteiger partial charge in [-0.25, -0.2) is 4.79 Å². The van der Waals surface area contributed by atoms with Crippen LogP contribution in [0.3, 0.4) is 0 Å². The first kappa shape index (κ1) is 13.6. The highest BCUT2D eigenvalue weighted by Gasteiger charge is 2.26. The Kier molecular flexibility index (Phi) is 4.20. The third-order valence-electron chi connectivity index (χ3n) is 4.03. The fourth-order valence-corrected chi connectivity index (χ4v) is 2.80. The van der Waals surface area contributed by atoms with Crippen molar-refractivity contribution in [3.05, 3.63) is 59.2 Å². The number of carboxylic acids is 1. The molecule has 1 N–H and O–H groups in total. The van der Waals surface area contributed by atoms with Gasteiger partial charge in [0, 0.05) is 6.08 Å².